The third-order valence-electron chi connectivity index (χ3n) is 6.20. The molecule has 0 radical (unpaired) electrons. The van der Waals surface area contributed by atoms with Gasteiger partial charge in [-0.3, -0.25) is 9.80 Å². The Morgan fingerprint density at radius 2 is 1.63 bits per heavy atom. The molecule has 1 aliphatic heterocycles. The number of ether oxygens (including phenoxy) is 1. The van der Waals surface area contributed by atoms with Gasteiger partial charge in [0.2, 0.25) is 0 Å². The third-order valence-corrected chi connectivity index (χ3v) is 6.20. The van der Waals surface area contributed by atoms with Crippen molar-refractivity contribution in [3.63, 3.8) is 0 Å². The molecule has 0 aromatic carbocycles. The van der Waals surface area contributed by atoms with Crippen LogP contribution in [0.15, 0.2) is 0 Å². The van der Waals surface area contributed by atoms with Crippen molar-refractivity contribution in [2.24, 2.45) is 5.92 Å². The minimum atomic E-state index is -4.14. The molecule has 0 bridgehead atoms. The predicted molar refractivity (Wildman–Crippen MR) is 104 cm³/mol. The Morgan fingerprint density at radius 3 is 2.19 bits per heavy atom. The van der Waals surface area contributed by atoms with E-state index in [2.05, 4.69) is 13.8 Å². The Labute approximate surface area is 163 Å². The van der Waals surface area contributed by atoms with Gasteiger partial charge in [0.05, 0.1) is 12.2 Å². The lowest BCUT2D eigenvalue weighted by atomic mass is 9.84. The summed E-state index contributed by atoms with van der Waals surface area (Å²) in [6, 6.07) is -1.14. The van der Waals surface area contributed by atoms with Crippen LogP contribution in [0.4, 0.5) is 13.2 Å². The fourth-order valence-corrected chi connectivity index (χ4v) is 4.58. The molecule has 0 amide bonds. The molecule has 0 aromatic rings. The van der Waals surface area contributed by atoms with Crippen LogP contribution in [0.1, 0.15) is 72.6 Å². The molecule has 0 N–H and O–H groups in total. The summed E-state index contributed by atoms with van der Waals surface area (Å²) in [5.41, 5.74) is 0. The van der Waals surface area contributed by atoms with Crippen molar-refractivity contribution in [2.45, 2.75) is 103 Å². The van der Waals surface area contributed by atoms with Crippen molar-refractivity contribution in [3.8, 4) is 0 Å². The number of rotatable bonds is 8. The molecule has 2 fully saturated rings. The number of halogens is 3. The van der Waals surface area contributed by atoms with Crippen LogP contribution in [0.2, 0.25) is 0 Å². The van der Waals surface area contributed by atoms with Crippen LogP contribution in [0.25, 0.3) is 0 Å². The molecule has 3 nitrogen and oxygen atoms in total. The summed E-state index contributed by atoms with van der Waals surface area (Å²) in [7, 11) is 0. The zero-order valence-electron chi connectivity index (χ0n) is 17.6. The van der Waals surface area contributed by atoms with E-state index in [1.54, 1.807) is 4.90 Å². The highest BCUT2D eigenvalue weighted by Gasteiger charge is 2.46. The zero-order chi connectivity index (χ0) is 20.0. The number of alkyl halides is 3. The second kappa shape index (κ2) is 10.4. The molecule has 1 saturated heterocycles. The first-order chi connectivity index (χ1) is 12.7. The third kappa shape index (κ3) is 7.54. The fraction of sp³-hybridized carbons (Fsp3) is 1.00. The lowest BCUT2D eigenvalue weighted by Gasteiger charge is -2.43. The maximum Gasteiger partial charge on any atom is 0.405 e. The normalized spacial score (nSPS) is 29.0. The molecule has 0 spiro atoms. The molecule has 2 aliphatic rings. The molecule has 27 heavy (non-hydrogen) atoms. The summed E-state index contributed by atoms with van der Waals surface area (Å²) in [6.07, 6.45) is 4.30. The largest absolute Gasteiger partial charge is 0.405 e. The topological polar surface area (TPSA) is 15.7 Å². The minimum Gasteiger partial charge on any atom is -0.376 e. The van der Waals surface area contributed by atoms with E-state index in [1.165, 1.54) is 12.8 Å². The fourth-order valence-electron chi connectivity index (χ4n) is 4.58. The maximum atomic E-state index is 13.5. The van der Waals surface area contributed by atoms with Crippen molar-refractivity contribution in [2.75, 3.05) is 26.2 Å². The Kier molecular flexibility index (Phi) is 8.88. The Bertz CT molecular complexity index is 420. The van der Waals surface area contributed by atoms with E-state index in [9.17, 15) is 13.2 Å². The Morgan fingerprint density at radius 1 is 0.963 bits per heavy atom. The van der Waals surface area contributed by atoms with Gasteiger partial charge in [-0.1, -0.05) is 12.8 Å². The van der Waals surface area contributed by atoms with Gasteiger partial charge in [0.25, 0.3) is 0 Å². The average Bonchev–Trinajstić information content (AvgIpc) is 2.58. The SMILES string of the molecule is CC(C)OC1CCC(CCCCN2CCN(C(C)C)C[C@@H]2C(F)(F)F)CC1. The van der Waals surface area contributed by atoms with Gasteiger partial charge < -0.3 is 4.74 Å². The van der Waals surface area contributed by atoms with E-state index in [1.807, 2.05) is 18.7 Å². The summed E-state index contributed by atoms with van der Waals surface area (Å²) in [5, 5.41) is 0. The first-order valence-electron chi connectivity index (χ1n) is 10.9. The van der Waals surface area contributed by atoms with E-state index in [-0.39, 0.29) is 12.6 Å². The average molecular weight is 393 g/mol. The molecule has 6 heteroatoms. The standard InChI is InChI=1S/C21H39F3N2O/c1-16(2)26-14-13-25(20(15-26)21(22,23)24)12-6-5-7-18-8-10-19(11-9-18)27-17(3)4/h16-20H,5-15H2,1-4H3/t18?,19?,20-/m1/s1. The highest BCUT2D eigenvalue weighted by atomic mass is 19.4. The molecule has 1 aliphatic carbocycles. The Balaban J connectivity index is 1.68. The number of piperazine rings is 1. The predicted octanol–water partition coefficient (Wildman–Crippen LogP) is 5.10. The van der Waals surface area contributed by atoms with Crippen molar-refractivity contribution >= 4 is 0 Å². The summed E-state index contributed by atoms with van der Waals surface area (Å²) in [5.74, 6) is 0.730. The van der Waals surface area contributed by atoms with Gasteiger partial charge in [0, 0.05) is 25.7 Å². The van der Waals surface area contributed by atoms with Crippen molar-refractivity contribution in [1.82, 2.24) is 9.80 Å². The van der Waals surface area contributed by atoms with Crippen LogP contribution < -0.4 is 0 Å². The van der Waals surface area contributed by atoms with Crippen molar-refractivity contribution < 1.29 is 17.9 Å². The first-order valence-corrected chi connectivity index (χ1v) is 10.9. The van der Waals surface area contributed by atoms with Crippen LogP contribution in [-0.2, 0) is 4.74 Å². The summed E-state index contributed by atoms with van der Waals surface area (Å²) in [6.45, 7) is 10.1. The lowest BCUT2D eigenvalue weighted by Crippen LogP contribution is -2.60. The molecule has 0 aromatic heterocycles. The smallest absolute Gasteiger partial charge is 0.376 e. The quantitative estimate of drug-likeness (QED) is 0.535. The van der Waals surface area contributed by atoms with Crippen LogP contribution in [-0.4, -0.2) is 66.4 Å². The maximum absolute atomic E-state index is 13.5. The van der Waals surface area contributed by atoms with Crippen LogP contribution >= 0.6 is 0 Å². The van der Waals surface area contributed by atoms with E-state index < -0.39 is 12.2 Å². The number of hydrogen-bond donors (Lipinski definition) is 0. The monoisotopic (exact) mass is 392 g/mol. The van der Waals surface area contributed by atoms with Gasteiger partial charge in [-0.25, -0.2) is 0 Å². The van der Waals surface area contributed by atoms with Crippen LogP contribution in [0.5, 0.6) is 0 Å². The van der Waals surface area contributed by atoms with E-state index in [0.29, 0.717) is 25.3 Å². The van der Waals surface area contributed by atoms with Gasteiger partial charge in [0.15, 0.2) is 0 Å². The zero-order valence-corrected chi connectivity index (χ0v) is 17.6. The van der Waals surface area contributed by atoms with Crippen LogP contribution in [0.3, 0.4) is 0 Å². The van der Waals surface area contributed by atoms with E-state index in [0.717, 1.165) is 44.6 Å². The minimum absolute atomic E-state index is 0.112. The van der Waals surface area contributed by atoms with Crippen LogP contribution in [0, 0.1) is 5.92 Å². The molecule has 1 saturated carbocycles. The number of hydrogen-bond acceptors (Lipinski definition) is 3. The van der Waals surface area contributed by atoms with Gasteiger partial charge in [-0.2, -0.15) is 13.2 Å². The van der Waals surface area contributed by atoms with E-state index in [4.69, 9.17) is 4.74 Å². The molecule has 0 unspecified atom stereocenters. The van der Waals surface area contributed by atoms with Gasteiger partial charge in [-0.15, -0.1) is 0 Å². The first kappa shape index (κ1) is 23.0. The molecule has 2 rings (SSSR count). The summed E-state index contributed by atoms with van der Waals surface area (Å²) in [4.78, 5) is 3.62. The van der Waals surface area contributed by atoms with Gasteiger partial charge in [-0.05, 0) is 72.3 Å². The summed E-state index contributed by atoms with van der Waals surface area (Å²) >= 11 is 0. The van der Waals surface area contributed by atoms with E-state index >= 15 is 0 Å². The molecule has 1 heterocycles. The number of nitrogens with zero attached hydrogens (tertiary/aromatic N) is 2. The highest BCUT2D eigenvalue weighted by Crippen LogP contribution is 2.31. The Hall–Kier alpha value is -0.330. The molecular weight excluding hydrogens is 353 g/mol. The van der Waals surface area contributed by atoms with Crippen molar-refractivity contribution in [3.05, 3.63) is 0 Å². The molecular formula is C21H39F3N2O. The van der Waals surface area contributed by atoms with Crippen molar-refractivity contribution in [1.29, 1.82) is 0 Å². The molecule has 160 valence electrons. The lowest BCUT2D eigenvalue weighted by molar-refractivity contribution is -0.198. The van der Waals surface area contributed by atoms with Gasteiger partial charge >= 0.3 is 6.18 Å². The second-order valence-electron chi connectivity index (χ2n) is 9.01. The van der Waals surface area contributed by atoms with Gasteiger partial charge in [0.1, 0.15) is 6.04 Å². The highest BCUT2D eigenvalue weighted by molar-refractivity contribution is 4.88. The molecule has 1 atom stereocenters. The second-order valence-corrected chi connectivity index (χ2v) is 9.01. The summed E-state index contributed by atoms with van der Waals surface area (Å²) < 4.78 is 46.3. The number of unbranched alkanes of at least 4 members (excludes halogenated alkanes) is 1.